The van der Waals surface area contributed by atoms with Gasteiger partial charge in [0.1, 0.15) is 6.10 Å². The highest BCUT2D eigenvalue weighted by atomic mass is 16.5. The third kappa shape index (κ3) is 7.62. The van der Waals surface area contributed by atoms with Gasteiger partial charge in [0.15, 0.2) is 0 Å². The molecule has 0 spiro atoms. The maximum Gasteiger partial charge on any atom is 0.305 e. The Balaban J connectivity index is 1.38. The molecule has 3 aromatic rings. The lowest BCUT2D eigenvalue weighted by Gasteiger charge is -2.27. The fourth-order valence-corrected chi connectivity index (χ4v) is 5.64. The summed E-state index contributed by atoms with van der Waals surface area (Å²) in [6, 6.07) is 20.9. The fraction of sp³-hybridized carbons (Fsp3) is 0.353. The number of ether oxygens (including phenoxy) is 1. The van der Waals surface area contributed by atoms with Crippen LogP contribution in [-0.2, 0) is 14.3 Å². The molecule has 2 saturated heterocycles. The van der Waals surface area contributed by atoms with Crippen LogP contribution in [0, 0.1) is 6.92 Å². The molecule has 44 heavy (non-hydrogen) atoms. The molecule has 3 N–H and O–H groups in total. The van der Waals surface area contributed by atoms with Gasteiger partial charge in [0.25, 0.3) is 17.7 Å². The van der Waals surface area contributed by atoms with Crippen LogP contribution >= 0.6 is 0 Å². The van der Waals surface area contributed by atoms with Gasteiger partial charge in [-0.1, -0.05) is 48.0 Å². The van der Waals surface area contributed by atoms with Gasteiger partial charge in [-0.25, -0.2) is 0 Å². The molecular formula is C34H38N4O6. The summed E-state index contributed by atoms with van der Waals surface area (Å²) in [5.41, 5.74) is 3.85. The minimum atomic E-state index is -1.03. The summed E-state index contributed by atoms with van der Waals surface area (Å²) in [5, 5.41) is 15.4. The summed E-state index contributed by atoms with van der Waals surface area (Å²) >= 11 is 0. The quantitative estimate of drug-likeness (QED) is 0.333. The lowest BCUT2D eigenvalue weighted by atomic mass is 10.0. The molecule has 0 aromatic heterocycles. The summed E-state index contributed by atoms with van der Waals surface area (Å²) in [5.74, 6) is -1.78. The number of nitrogens with one attached hydrogen (secondary N) is 2. The summed E-state index contributed by atoms with van der Waals surface area (Å²) in [6.07, 6.45) is 1.31. The molecule has 3 amide bonds. The summed E-state index contributed by atoms with van der Waals surface area (Å²) < 4.78 is 5.59. The smallest absolute Gasteiger partial charge is 0.305 e. The van der Waals surface area contributed by atoms with Gasteiger partial charge < -0.3 is 30.3 Å². The van der Waals surface area contributed by atoms with Crippen LogP contribution < -0.4 is 15.5 Å². The van der Waals surface area contributed by atoms with Crippen LogP contribution in [0.3, 0.4) is 0 Å². The average Bonchev–Trinajstić information content (AvgIpc) is 3.46. The van der Waals surface area contributed by atoms with Crippen LogP contribution in [0.25, 0.3) is 0 Å². The van der Waals surface area contributed by atoms with E-state index in [1.165, 1.54) is 0 Å². The highest BCUT2D eigenvalue weighted by Gasteiger charge is 2.27. The van der Waals surface area contributed by atoms with E-state index in [0.717, 1.165) is 24.1 Å². The van der Waals surface area contributed by atoms with Crippen LogP contribution in [0.15, 0.2) is 72.8 Å². The van der Waals surface area contributed by atoms with E-state index >= 15 is 0 Å². The Morgan fingerprint density at radius 1 is 0.909 bits per heavy atom. The van der Waals surface area contributed by atoms with Crippen LogP contribution in [0.2, 0.25) is 0 Å². The van der Waals surface area contributed by atoms with Gasteiger partial charge in [-0.05, 0) is 62.1 Å². The maximum absolute atomic E-state index is 13.5. The van der Waals surface area contributed by atoms with E-state index < -0.39 is 24.0 Å². The number of carboxylic acid groups (broad SMARTS) is 1. The topological polar surface area (TPSA) is 128 Å². The first-order chi connectivity index (χ1) is 21.3. The van der Waals surface area contributed by atoms with Crippen molar-refractivity contribution in [2.24, 2.45) is 0 Å². The van der Waals surface area contributed by atoms with E-state index in [1.54, 1.807) is 18.2 Å². The largest absolute Gasteiger partial charge is 0.481 e. The number of amides is 3. The van der Waals surface area contributed by atoms with Crippen molar-refractivity contribution < 1.29 is 29.0 Å². The fourth-order valence-electron chi connectivity index (χ4n) is 5.64. The van der Waals surface area contributed by atoms with Gasteiger partial charge in [-0.15, -0.1) is 0 Å². The van der Waals surface area contributed by atoms with Gasteiger partial charge in [-0.2, -0.15) is 0 Å². The van der Waals surface area contributed by atoms with E-state index in [1.807, 2.05) is 66.4 Å². The number of anilines is 2. The van der Waals surface area contributed by atoms with Crippen molar-refractivity contribution in [3.05, 3.63) is 95.1 Å². The number of carbonyl (C=O) groups is 4. The van der Waals surface area contributed by atoms with Crippen LogP contribution in [0.4, 0.5) is 11.4 Å². The monoisotopic (exact) mass is 598 g/mol. The Morgan fingerprint density at radius 3 is 2.39 bits per heavy atom. The predicted molar refractivity (Wildman–Crippen MR) is 167 cm³/mol. The second-order valence-electron chi connectivity index (χ2n) is 11.3. The number of benzene rings is 3. The number of nitrogens with zero attached hydrogens (tertiary/aromatic N) is 2. The minimum absolute atomic E-state index is 0.0177. The van der Waals surface area contributed by atoms with Gasteiger partial charge in [0, 0.05) is 43.9 Å². The molecule has 230 valence electrons. The van der Waals surface area contributed by atoms with Crippen LogP contribution in [0.1, 0.15) is 63.6 Å². The van der Waals surface area contributed by atoms with Gasteiger partial charge in [-0.3, -0.25) is 19.2 Å². The first kappa shape index (κ1) is 30.7. The molecule has 2 unspecified atom stereocenters. The second kappa shape index (κ2) is 14.2. The van der Waals surface area contributed by atoms with Crippen LogP contribution in [-0.4, -0.2) is 72.6 Å². The average molecular weight is 599 g/mol. The zero-order chi connectivity index (χ0) is 31.1. The highest BCUT2D eigenvalue weighted by Crippen LogP contribution is 2.30. The van der Waals surface area contributed by atoms with Crippen LogP contribution in [0.5, 0.6) is 0 Å². The Hall–Kier alpha value is -4.70. The van der Waals surface area contributed by atoms with Crippen molar-refractivity contribution >= 4 is 35.1 Å². The first-order valence-electron chi connectivity index (χ1n) is 15.0. The standard InChI is InChI=1S/C34H38N4O6/c1-23-10-12-24(13-11-23)27(22-31(39)40)35-32(41)26-14-15-29(28(21-26)36-33(42)30-9-5-20-44-30)37-16-6-17-38(19-18-37)34(43)25-7-3-2-4-8-25/h2-4,7-8,10-15,21,27,30H,5-6,9,16-20,22H2,1H3,(H,35,41)(H,36,42)(H,39,40). The third-order valence-electron chi connectivity index (χ3n) is 8.05. The van der Waals surface area contributed by atoms with Crippen molar-refractivity contribution in [1.29, 1.82) is 0 Å². The van der Waals surface area contributed by atoms with Crippen molar-refractivity contribution in [3.63, 3.8) is 0 Å². The molecule has 2 fully saturated rings. The number of aryl methyl sites for hydroxylation is 1. The number of carbonyl (C=O) groups excluding carboxylic acids is 3. The first-order valence-corrected chi connectivity index (χ1v) is 15.0. The minimum Gasteiger partial charge on any atom is -0.481 e. The van der Waals surface area contributed by atoms with Crippen molar-refractivity contribution in [2.45, 2.75) is 44.8 Å². The summed E-state index contributed by atoms with van der Waals surface area (Å²) in [6.45, 7) is 4.76. The normalized spacial score (nSPS) is 17.4. The van der Waals surface area contributed by atoms with Gasteiger partial charge in [0.2, 0.25) is 0 Å². The molecule has 10 heteroatoms. The van der Waals surface area contributed by atoms with Crippen molar-refractivity contribution in [3.8, 4) is 0 Å². The third-order valence-corrected chi connectivity index (χ3v) is 8.05. The van der Waals surface area contributed by atoms with E-state index in [0.29, 0.717) is 56.0 Å². The molecule has 3 aromatic carbocycles. The molecule has 0 saturated carbocycles. The molecule has 10 nitrogen and oxygen atoms in total. The molecule has 0 aliphatic carbocycles. The number of carboxylic acids is 1. The maximum atomic E-state index is 13.5. The Labute approximate surface area is 257 Å². The molecule has 0 radical (unpaired) electrons. The molecular weight excluding hydrogens is 560 g/mol. The SMILES string of the molecule is Cc1ccc(C(CC(=O)O)NC(=O)c2ccc(N3CCCN(C(=O)c4ccccc4)CC3)c(NC(=O)C3CCCO3)c2)cc1. The number of aliphatic carboxylic acids is 1. The molecule has 5 rings (SSSR count). The lowest BCUT2D eigenvalue weighted by Crippen LogP contribution is -2.35. The molecule has 2 atom stereocenters. The van der Waals surface area contributed by atoms with Gasteiger partial charge >= 0.3 is 5.97 Å². The summed E-state index contributed by atoms with van der Waals surface area (Å²) in [7, 11) is 0. The summed E-state index contributed by atoms with van der Waals surface area (Å²) in [4.78, 5) is 55.3. The Kier molecular flexibility index (Phi) is 9.91. The number of hydrogen-bond acceptors (Lipinski definition) is 6. The molecule has 2 aliphatic rings. The second-order valence-corrected chi connectivity index (χ2v) is 11.3. The molecule has 2 heterocycles. The Bertz CT molecular complexity index is 1490. The molecule has 2 aliphatic heterocycles. The number of rotatable bonds is 9. The zero-order valence-electron chi connectivity index (χ0n) is 24.8. The zero-order valence-corrected chi connectivity index (χ0v) is 24.8. The van der Waals surface area contributed by atoms with Crippen molar-refractivity contribution in [2.75, 3.05) is 43.0 Å². The lowest BCUT2D eigenvalue weighted by molar-refractivity contribution is -0.137. The predicted octanol–water partition coefficient (Wildman–Crippen LogP) is 4.41. The van der Waals surface area contributed by atoms with Crippen molar-refractivity contribution in [1.82, 2.24) is 10.2 Å². The van der Waals surface area contributed by atoms with Gasteiger partial charge in [0.05, 0.1) is 23.8 Å². The highest BCUT2D eigenvalue weighted by molar-refractivity contribution is 6.01. The Morgan fingerprint density at radius 2 is 1.68 bits per heavy atom. The van der Waals surface area contributed by atoms with E-state index in [2.05, 4.69) is 15.5 Å². The van der Waals surface area contributed by atoms with E-state index in [9.17, 15) is 24.3 Å². The number of hydrogen-bond donors (Lipinski definition) is 3. The van der Waals surface area contributed by atoms with E-state index in [-0.39, 0.29) is 23.8 Å². The van der Waals surface area contributed by atoms with E-state index in [4.69, 9.17) is 4.74 Å². The molecule has 0 bridgehead atoms.